The number of amides is 1. The molecule has 1 amide bonds. The largest absolute Gasteiger partial charge is 0.466 e. The number of halogens is 5. The molecule has 0 spiro atoms. The highest BCUT2D eigenvalue weighted by Crippen LogP contribution is 2.40. The smallest absolute Gasteiger partial charge is 0.392 e. The van der Waals surface area contributed by atoms with E-state index in [-0.39, 0.29) is 29.7 Å². The van der Waals surface area contributed by atoms with Crippen LogP contribution >= 0.6 is 23.2 Å². The van der Waals surface area contributed by atoms with Gasteiger partial charge in [0.1, 0.15) is 0 Å². The molecule has 4 nitrogen and oxygen atoms in total. The second-order valence-corrected chi connectivity index (χ2v) is 8.71. The van der Waals surface area contributed by atoms with Crippen LogP contribution in [-0.2, 0) is 20.7 Å². The molecule has 0 fully saturated rings. The summed E-state index contributed by atoms with van der Waals surface area (Å²) < 4.78 is 45.6. The minimum absolute atomic E-state index is 0.187. The van der Waals surface area contributed by atoms with Crippen LogP contribution in [0.1, 0.15) is 32.8 Å². The summed E-state index contributed by atoms with van der Waals surface area (Å²) in [7, 11) is 0. The molecule has 0 saturated heterocycles. The summed E-state index contributed by atoms with van der Waals surface area (Å²) in [5.41, 5.74) is 0.885. The van der Waals surface area contributed by atoms with Crippen LogP contribution < -0.4 is 5.32 Å². The van der Waals surface area contributed by atoms with Gasteiger partial charge in [-0.25, -0.2) is 0 Å². The quantitative estimate of drug-likeness (QED) is 0.420. The first kappa shape index (κ1) is 26.3. The Bertz CT molecular complexity index is 899. The van der Waals surface area contributed by atoms with Crippen LogP contribution in [-0.4, -0.2) is 24.7 Å². The van der Waals surface area contributed by atoms with E-state index in [9.17, 15) is 22.8 Å². The first-order valence-corrected chi connectivity index (χ1v) is 11.1. The van der Waals surface area contributed by atoms with Crippen molar-refractivity contribution in [2.45, 2.75) is 39.8 Å². The summed E-state index contributed by atoms with van der Waals surface area (Å²) >= 11 is 12.1. The number of benzene rings is 1. The maximum Gasteiger partial charge on any atom is 0.392 e. The molecule has 1 aromatic rings. The minimum Gasteiger partial charge on any atom is -0.466 e. The predicted octanol–water partition coefficient (Wildman–Crippen LogP) is 6.53. The van der Waals surface area contributed by atoms with E-state index in [1.54, 1.807) is 32.1 Å². The minimum atomic E-state index is -4.55. The van der Waals surface area contributed by atoms with E-state index in [4.69, 9.17) is 27.9 Å². The van der Waals surface area contributed by atoms with Crippen LogP contribution in [0, 0.1) is 23.7 Å². The summed E-state index contributed by atoms with van der Waals surface area (Å²) in [6, 6.07) is 4.80. The lowest BCUT2D eigenvalue weighted by Crippen LogP contribution is -2.40. The van der Waals surface area contributed by atoms with E-state index < -0.39 is 35.8 Å². The molecule has 1 aliphatic carbocycles. The topological polar surface area (TPSA) is 55.4 Å². The highest BCUT2D eigenvalue weighted by molar-refractivity contribution is 6.33. The fraction of sp³-hybridized carbons (Fsp3) is 0.478. The Labute approximate surface area is 195 Å². The second kappa shape index (κ2) is 11.2. The molecular weight excluding hydrogens is 466 g/mol. The molecule has 0 radical (unpaired) electrons. The summed E-state index contributed by atoms with van der Waals surface area (Å²) in [4.78, 5) is 24.9. The van der Waals surface area contributed by atoms with Crippen molar-refractivity contribution in [1.29, 1.82) is 0 Å². The number of carbonyl (C=O) groups is 2. The van der Waals surface area contributed by atoms with E-state index in [0.29, 0.717) is 17.0 Å². The highest BCUT2D eigenvalue weighted by Gasteiger charge is 2.46. The number of rotatable bonds is 8. The maximum absolute atomic E-state index is 13.5. The third-order valence-electron chi connectivity index (χ3n) is 5.43. The van der Waals surface area contributed by atoms with E-state index in [1.807, 2.05) is 0 Å². The van der Waals surface area contributed by atoms with Gasteiger partial charge in [0, 0.05) is 5.03 Å². The Morgan fingerprint density at radius 2 is 1.94 bits per heavy atom. The Kier molecular flexibility index (Phi) is 9.22. The van der Waals surface area contributed by atoms with Crippen molar-refractivity contribution in [2.24, 2.45) is 23.7 Å². The van der Waals surface area contributed by atoms with E-state index in [0.717, 1.165) is 6.92 Å². The van der Waals surface area contributed by atoms with Crippen molar-refractivity contribution in [3.05, 3.63) is 52.0 Å². The number of esters is 1. The van der Waals surface area contributed by atoms with Gasteiger partial charge in [-0.15, -0.1) is 0 Å². The van der Waals surface area contributed by atoms with Crippen LogP contribution in [0.5, 0.6) is 0 Å². The Morgan fingerprint density at radius 3 is 2.50 bits per heavy atom. The van der Waals surface area contributed by atoms with Gasteiger partial charge in [0.15, 0.2) is 0 Å². The van der Waals surface area contributed by atoms with Gasteiger partial charge in [-0.3, -0.25) is 9.59 Å². The third kappa shape index (κ3) is 7.01. The van der Waals surface area contributed by atoms with Crippen molar-refractivity contribution in [1.82, 2.24) is 0 Å². The van der Waals surface area contributed by atoms with Crippen LogP contribution in [0.15, 0.2) is 41.5 Å². The fourth-order valence-electron chi connectivity index (χ4n) is 3.61. The zero-order valence-electron chi connectivity index (χ0n) is 18.0. The average molecular weight is 492 g/mol. The molecule has 0 aromatic heterocycles. The molecule has 32 heavy (non-hydrogen) atoms. The monoisotopic (exact) mass is 491 g/mol. The number of hydrogen-bond donors (Lipinski definition) is 1. The zero-order chi connectivity index (χ0) is 24.1. The lowest BCUT2D eigenvalue weighted by atomic mass is 9.78. The van der Waals surface area contributed by atoms with Gasteiger partial charge in [-0.2, -0.15) is 13.2 Å². The van der Waals surface area contributed by atoms with Crippen molar-refractivity contribution in [3.8, 4) is 0 Å². The molecule has 0 aliphatic heterocycles. The standard InChI is InChI=1S/C23H26Cl2F3NO3/c1-4-32-22(31)13(2)11-15-5-10-18(25)19(12-15)29-21(30)20(14(3)23(26,27)28)16-6-8-17(24)9-7-16/h5-6,8-10,12-14,16,20H,4,7,11H2,1-3H3,(H,29,30)/t13?,14-,16?,20+/m1/s1. The van der Waals surface area contributed by atoms with Gasteiger partial charge in [-0.05, 0) is 49.5 Å². The van der Waals surface area contributed by atoms with E-state index in [1.165, 1.54) is 18.2 Å². The number of nitrogens with one attached hydrogen (secondary N) is 1. The number of carbonyl (C=O) groups excluding carboxylic acids is 2. The Hall–Kier alpha value is -1.99. The fourth-order valence-corrected chi connectivity index (χ4v) is 3.93. The second-order valence-electron chi connectivity index (χ2n) is 7.86. The average Bonchev–Trinajstić information content (AvgIpc) is 2.71. The molecule has 0 bridgehead atoms. The number of anilines is 1. The van der Waals surface area contributed by atoms with Gasteiger partial charge in [0.25, 0.3) is 0 Å². The number of allylic oxidation sites excluding steroid dienone is 4. The molecule has 0 heterocycles. The molecule has 176 valence electrons. The van der Waals surface area contributed by atoms with Crippen LogP contribution in [0.25, 0.3) is 0 Å². The lowest BCUT2D eigenvalue weighted by molar-refractivity contribution is -0.188. The summed E-state index contributed by atoms with van der Waals surface area (Å²) in [6.45, 7) is 4.68. The molecule has 2 rings (SSSR count). The van der Waals surface area contributed by atoms with Crippen molar-refractivity contribution >= 4 is 40.8 Å². The normalized spacial score (nSPS) is 19.0. The molecule has 9 heteroatoms. The summed E-state index contributed by atoms with van der Waals surface area (Å²) in [6.07, 6.45) is 0.632. The van der Waals surface area contributed by atoms with Gasteiger partial charge in [-0.1, -0.05) is 55.3 Å². The van der Waals surface area contributed by atoms with E-state index in [2.05, 4.69) is 5.32 Å². The zero-order valence-corrected chi connectivity index (χ0v) is 19.5. The third-order valence-corrected chi connectivity index (χ3v) is 6.04. The molecule has 1 N–H and O–H groups in total. The maximum atomic E-state index is 13.5. The molecule has 1 aromatic carbocycles. The van der Waals surface area contributed by atoms with Crippen LogP contribution in [0.4, 0.5) is 18.9 Å². The first-order valence-electron chi connectivity index (χ1n) is 10.3. The molecule has 0 saturated carbocycles. The van der Waals surface area contributed by atoms with Crippen LogP contribution in [0.3, 0.4) is 0 Å². The Morgan fingerprint density at radius 1 is 1.25 bits per heavy atom. The van der Waals surface area contributed by atoms with Gasteiger partial charge in [0.05, 0.1) is 35.1 Å². The highest BCUT2D eigenvalue weighted by atomic mass is 35.5. The molecule has 2 unspecified atom stereocenters. The van der Waals surface area contributed by atoms with Gasteiger partial charge >= 0.3 is 12.1 Å². The van der Waals surface area contributed by atoms with Crippen molar-refractivity contribution in [3.63, 3.8) is 0 Å². The summed E-state index contributed by atoms with van der Waals surface area (Å²) in [5, 5.41) is 3.17. The Balaban J connectivity index is 2.25. The molecule has 1 aliphatic rings. The van der Waals surface area contributed by atoms with Gasteiger partial charge in [0.2, 0.25) is 5.91 Å². The predicted molar refractivity (Wildman–Crippen MR) is 119 cm³/mol. The number of ether oxygens (including phenoxy) is 1. The van der Waals surface area contributed by atoms with Gasteiger partial charge < -0.3 is 10.1 Å². The van der Waals surface area contributed by atoms with Crippen LogP contribution in [0.2, 0.25) is 5.02 Å². The molecular formula is C23H26Cl2F3NO3. The SMILES string of the molecule is CCOC(=O)C(C)Cc1ccc(Cl)c(NC(=O)[C@H](C2C=CC(Cl)=CC2)[C@@H](C)C(F)(F)F)c1. The molecule has 4 atom stereocenters. The lowest BCUT2D eigenvalue weighted by Gasteiger charge is -2.31. The number of alkyl halides is 3. The number of hydrogen-bond acceptors (Lipinski definition) is 3. The van der Waals surface area contributed by atoms with Crippen molar-refractivity contribution < 1.29 is 27.5 Å². The van der Waals surface area contributed by atoms with Crippen molar-refractivity contribution in [2.75, 3.05) is 11.9 Å². The first-order chi connectivity index (χ1) is 14.9. The summed E-state index contributed by atoms with van der Waals surface area (Å²) in [5.74, 6) is -5.49. The van der Waals surface area contributed by atoms with E-state index >= 15 is 0 Å².